The first-order valence-corrected chi connectivity index (χ1v) is 7.83. The Morgan fingerprint density at radius 3 is 2.46 bits per heavy atom. The molecule has 1 rings (SSSR count). The van der Waals surface area contributed by atoms with Crippen LogP contribution in [0.1, 0.15) is 13.8 Å². The monoisotopic (exact) mass is 337 g/mol. The predicted octanol–water partition coefficient (Wildman–Crippen LogP) is 1.44. The molecular formula is C17H27N3O4. The smallest absolute Gasteiger partial charge is 0.310 e. The maximum absolute atomic E-state index is 11.4. The molecule has 1 aromatic rings. The maximum Gasteiger partial charge on any atom is 0.310 e. The van der Waals surface area contributed by atoms with Crippen molar-refractivity contribution in [2.24, 2.45) is 10.9 Å². The number of methoxy groups -OCH3 is 2. The molecular weight excluding hydrogens is 310 g/mol. The number of nitrogens with one attached hydrogen (secondary N) is 2. The SMILES string of the molecule is CN=C(NCC(C)Oc1cccc(OC)c1)NCC(C)C(=O)OC. The normalized spacial score (nSPS) is 13.6. The lowest BCUT2D eigenvalue weighted by Crippen LogP contribution is -2.44. The second-order valence-corrected chi connectivity index (χ2v) is 5.37. The molecule has 134 valence electrons. The van der Waals surface area contributed by atoms with Crippen LogP contribution in [0.5, 0.6) is 11.5 Å². The molecule has 0 saturated heterocycles. The van der Waals surface area contributed by atoms with E-state index in [0.29, 0.717) is 19.0 Å². The number of esters is 1. The lowest BCUT2D eigenvalue weighted by atomic mass is 10.2. The third kappa shape index (κ3) is 6.76. The van der Waals surface area contributed by atoms with E-state index in [4.69, 9.17) is 14.2 Å². The van der Waals surface area contributed by atoms with Gasteiger partial charge in [0, 0.05) is 19.7 Å². The van der Waals surface area contributed by atoms with Gasteiger partial charge in [-0.05, 0) is 19.1 Å². The van der Waals surface area contributed by atoms with E-state index in [0.717, 1.165) is 11.5 Å². The van der Waals surface area contributed by atoms with Crippen LogP contribution in [0.3, 0.4) is 0 Å². The minimum atomic E-state index is -0.257. The van der Waals surface area contributed by atoms with Crippen LogP contribution in [0, 0.1) is 5.92 Å². The van der Waals surface area contributed by atoms with Gasteiger partial charge in [0.25, 0.3) is 0 Å². The molecule has 2 atom stereocenters. The van der Waals surface area contributed by atoms with Crippen molar-refractivity contribution < 1.29 is 19.0 Å². The van der Waals surface area contributed by atoms with Gasteiger partial charge in [0.05, 0.1) is 26.7 Å². The molecule has 0 heterocycles. The van der Waals surface area contributed by atoms with E-state index >= 15 is 0 Å². The van der Waals surface area contributed by atoms with Crippen molar-refractivity contribution in [2.75, 3.05) is 34.4 Å². The zero-order chi connectivity index (χ0) is 17.9. The molecule has 2 N–H and O–H groups in total. The van der Waals surface area contributed by atoms with E-state index in [-0.39, 0.29) is 18.0 Å². The summed E-state index contributed by atoms with van der Waals surface area (Å²) in [5.41, 5.74) is 0. The van der Waals surface area contributed by atoms with Gasteiger partial charge in [-0.15, -0.1) is 0 Å². The minimum Gasteiger partial charge on any atom is -0.497 e. The average molecular weight is 337 g/mol. The standard InChI is InChI=1S/C17H27N3O4/c1-12(16(21)23-5)10-19-17(18-3)20-11-13(2)24-15-8-6-7-14(9-15)22-4/h6-9,12-13H,10-11H2,1-5H3,(H2,18,19,20). The van der Waals surface area contributed by atoms with Crippen LogP contribution in [0.2, 0.25) is 0 Å². The molecule has 1 aromatic carbocycles. The summed E-state index contributed by atoms with van der Waals surface area (Å²) in [6.45, 7) is 4.75. The van der Waals surface area contributed by atoms with Crippen molar-refractivity contribution in [3.8, 4) is 11.5 Å². The van der Waals surface area contributed by atoms with Crippen LogP contribution < -0.4 is 20.1 Å². The molecule has 0 aliphatic carbocycles. The number of guanidine groups is 1. The van der Waals surface area contributed by atoms with Crippen LogP contribution in [-0.2, 0) is 9.53 Å². The number of carbonyl (C=O) groups is 1. The summed E-state index contributed by atoms with van der Waals surface area (Å²) in [5, 5.41) is 6.25. The topological polar surface area (TPSA) is 81.2 Å². The second-order valence-electron chi connectivity index (χ2n) is 5.37. The van der Waals surface area contributed by atoms with Crippen molar-refractivity contribution in [3.63, 3.8) is 0 Å². The number of hydrogen-bond donors (Lipinski definition) is 2. The largest absolute Gasteiger partial charge is 0.497 e. The van der Waals surface area contributed by atoms with Gasteiger partial charge < -0.3 is 24.8 Å². The lowest BCUT2D eigenvalue weighted by Gasteiger charge is -2.19. The first kappa shape index (κ1) is 19.6. The highest BCUT2D eigenvalue weighted by Gasteiger charge is 2.13. The molecule has 7 nitrogen and oxygen atoms in total. The molecule has 0 radical (unpaired) electrons. The van der Waals surface area contributed by atoms with Crippen molar-refractivity contribution in [1.29, 1.82) is 0 Å². The van der Waals surface area contributed by atoms with Crippen LogP contribution >= 0.6 is 0 Å². The van der Waals surface area contributed by atoms with E-state index in [1.807, 2.05) is 31.2 Å². The summed E-state index contributed by atoms with van der Waals surface area (Å²) in [6.07, 6.45) is -0.0753. The van der Waals surface area contributed by atoms with Gasteiger partial charge in [-0.25, -0.2) is 0 Å². The Balaban J connectivity index is 2.40. The molecule has 24 heavy (non-hydrogen) atoms. The van der Waals surface area contributed by atoms with Crippen molar-refractivity contribution in [3.05, 3.63) is 24.3 Å². The van der Waals surface area contributed by atoms with Crippen LogP contribution in [0.15, 0.2) is 29.3 Å². The molecule has 0 fully saturated rings. The van der Waals surface area contributed by atoms with Gasteiger partial charge in [-0.1, -0.05) is 13.0 Å². The van der Waals surface area contributed by atoms with E-state index in [9.17, 15) is 4.79 Å². The molecule has 0 spiro atoms. The van der Waals surface area contributed by atoms with Gasteiger partial charge >= 0.3 is 5.97 Å². The van der Waals surface area contributed by atoms with Crippen LogP contribution in [-0.4, -0.2) is 52.4 Å². The summed E-state index contributed by atoms with van der Waals surface area (Å²) in [5.74, 6) is 1.59. The summed E-state index contributed by atoms with van der Waals surface area (Å²) < 4.78 is 15.7. The maximum atomic E-state index is 11.4. The zero-order valence-corrected chi connectivity index (χ0v) is 15.0. The van der Waals surface area contributed by atoms with Crippen LogP contribution in [0.4, 0.5) is 0 Å². The summed E-state index contributed by atoms with van der Waals surface area (Å²) in [4.78, 5) is 15.5. The Kier molecular flexibility index (Phi) is 8.46. The third-order valence-electron chi connectivity index (χ3n) is 3.34. The zero-order valence-electron chi connectivity index (χ0n) is 15.0. The highest BCUT2D eigenvalue weighted by atomic mass is 16.5. The first-order valence-electron chi connectivity index (χ1n) is 7.83. The van der Waals surface area contributed by atoms with E-state index < -0.39 is 0 Å². The number of hydrogen-bond acceptors (Lipinski definition) is 5. The van der Waals surface area contributed by atoms with Crippen molar-refractivity contribution in [2.45, 2.75) is 20.0 Å². The Hall–Kier alpha value is -2.44. The fourth-order valence-corrected chi connectivity index (χ4v) is 1.94. The highest BCUT2D eigenvalue weighted by molar-refractivity contribution is 5.80. The lowest BCUT2D eigenvalue weighted by molar-refractivity contribution is -0.144. The van der Waals surface area contributed by atoms with E-state index in [1.54, 1.807) is 21.1 Å². The first-order chi connectivity index (χ1) is 11.5. The predicted molar refractivity (Wildman–Crippen MR) is 93.6 cm³/mol. The van der Waals surface area contributed by atoms with Crippen molar-refractivity contribution >= 4 is 11.9 Å². The number of benzene rings is 1. The molecule has 0 bridgehead atoms. The highest BCUT2D eigenvalue weighted by Crippen LogP contribution is 2.19. The van der Waals surface area contributed by atoms with E-state index in [2.05, 4.69) is 15.6 Å². The molecule has 0 amide bonds. The quantitative estimate of drug-likeness (QED) is 0.424. The van der Waals surface area contributed by atoms with Crippen LogP contribution in [0.25, 0.3) is 0 Å². The number of ether oxygens (including phenoxy) is 3. The molecule has 0 aliphatic heterocycles. The minimum absolute atomic E-state index is 0.0753. The molecule has 0 aliphatic rings. The Morgan fingerprint density at radius 1 is 1.17 bits per heavy atom. The van der Waals surface area contributed by atoms with E-state index in [1.165, 1.54) is 7.11 Å². The van der Waals surface area contributed by atoms with Gasteiger partial charge in [0.2, 0.25) is 0 Å². The van der Waals surface area contributed by atoms with Gasteiger partial charge in [0.1, 0.15) is 17.6 Å². The van der Waals surface area contributed by atoms with Gasteiger partial charge in [-0.3, -0.25) is 9.79 Å². The summed E-state index contributed by atoms with van der Waals surface area (Å²) >= 11 is 0. The molecule has 0 saturated carbocycles. The Labute approximate surface area is 143 Å². The third-order valence-corrected chi connectivity index (χ3v) is 3.34. The Bertz CT molecular complexity index is 548. The molecule has 7 heteroatoms. The van der Waals surface area contributed by atoms with Gasteiger partial charge in [-0.2, -0.15) is 0 Å². The number of aliphatic imine (C=N–C) groups is 1. The summed E-state index contributed by atoms with van der Waals surface area (Å²) in [6, 6.07) is 7.46. The molecule has 0 aromatic heterocycles. The number of carbonyl (C=O) groups excluding carboxylic acids is 1. The number of nitrogens with zero attached hydrogens (tertiary/aromatic N) is 1. The van der Waals surface area contributed by atoms with Gasteiger partial charge in [0.15, 0.2) is 5.96 Å². The fraction of sp³-hybridized carbons (Fsp3) is 0.529. The Morgan fingerprint density at radius 2 is 1.83 bits per heavy atom. The number of rotatable bonds is 8. The fourth-order valence-electron chi connectivity index (χ4n) is 1.94. The molecule has 2 unspecified atom stereocenters. The van der Waals surface area contributed by atoms with Crippen molar-refractivity contribution in [1.82, 2.24) is 10.6 Å². The second kappa shape index (κ2) is 10.4. The average Bonchev–Trinajstić information content (AvgIpc) is 2.60. The summed E-state index contributed by atoms with van der Waals surface area (Å²) in [7, 11) is 4.67.